The fourth-order valence-corrected chi connectivity index (χ4v) is 5.20. The van der Waals surface area contributed by atoms with E-state index in [1.165, 1.54) is 6.42 Å². The lowest BCUT2D eigenvalue weighted by molar-refractivity contribution is -0.145. The van der Waals surface area contributed by atoms with Crippen LogP contribution in [0, 0.1) is 35.5 Å². The molecule has 0 aliphatic heterocycles. The largest absolute Gasteiger partial charge is 0.480 e. The van der Waals surface area contributed by atoms with E-state index in [1.54, 1.807) is 0 Å². The second-order valence-corrected chi connectivity index (χ2v) is 5.84. The highest BCUT2D eigenvalue weighted by Crippen LogP contribution is 2.70. The van der Waals surface area contributed by atoms with Gasteiger partial charge in [0.1, 0.15) is 5.54 Å². The van der Waals surface area contributed by atoms with E-state index in [0.717, 1.165) is 5.92 Å². The molecule has 0 amide bonds. The van der Waals surface area contributed by atoms with Gasteiger partial charge in [0, 0.05) is 0 Å². The van der Waals surface area contributed by atoms with E-state index in [1.807, 2.05) is 0 Å². The van der Waals surface area contributed by atoms with Gasteiger partial charge in [-0.25, -0.2) is 0 Å². The van der Waals surface area contributed by atoms with Crippen molar-refractivity contribution in [1.82, 2.24) is 0 Å². The summed E-state index contributed by atoms with van der Waals surface area (Å²) in [6.07, 6.45) is 6.52. The molecule has 2 bridgehead atoms. The summed E-state index contributed by atoms with van der Waals surface area (Å²) >= 11 is 0. The SMILES string of the molecule is N[C@@]1(C(=O)O)C[C@@H]2[C@@H]3C=C[C@@H]4[C@@H]3C[C@@H]2[C@H]41. The summed E-state index contributed by atoms with van der Waals surface area (Å²) < 4.78 is 0. The first-order valence-electron chi connectivity index (χ1n) is 5.83. The van der Waals surface area contributed by atoms with Crippen LogP contribution in [0.4, 0.5) is 0 Å². The van der Waals surface area contributed by atoms with Gasteiger partial charge in [0.25, 0.3) is 0 Å². The van der Waals surface area contributed by atoms with Gasteiger partial charge >= 0.3 is 5.97 Å². The quantitative estimate of drug-likeness (QED) is 0.624. The van der Waals surface area contributed by atoms with Crippen LogP contribution in [0.25, 0.3) is 0 Å². The summed E-state index contributed by atoms with van der Waals surface area (Å²) in [5, 5.41) is 9.33. The Balaban J connectivity index is 1.87. The molecule has 15 heavy (non-hydrogen) atoms. The van der Waals surface area contributed by atoms with Crippen LogP contribution >= 0.6 is 0 Å². The number of nitrogens with two attached hydrogens (primary N) is 1. The standard InChI is InChI=1S/C12H15NO2/c13-12(11(14)15)4-9-5-1-2-6-7(5)3-8(9)10(6)12/h1-2,5-10H,3-4,13H2,(H,14,15)/t5-,6-,7-,8+,9-,10+,12+/m1/s1. The number of hydrogen-bond acceptors (Lipinski definition) is 2. The van der Waals surface area contributed by atoms with E-state index < -0.39 is 11.5 Å². The van der Waals surface area contributed by atoms with Crippen LogP contribution in [0.5, 0.6) is 0 Å². The number of carbonyl (C=O) groups is 1. The lowest BCUT2D eigenvalue weighted by atomic mass is 9.75. The summed E-state index contributed by atoms with van der Waals surface area (Å²) in [7, 11) is 0. The number of aliphatic carboxylic acids is 1. The van der Waals surface area contributed by atoms with Gasteiger partial charge in [-0.2, -0.15) is 0 Å². The van der Waals surface area contributed by atoms with Gasteiger partial charge in [-0.3, -0.25) is 4.79 Å². The molecule has 4 aliphatic rings. The molecule has 0 aromatic carbocycles. The molecule has 4 aliphatic carbocycles. The van der Waals surface area contributed by atoms with E-state index in [-0.39, 0.29) is 5.92 Å². The van der Waals surface area contributed by atoms with Crippen LogP contribution in [0.2, 0.25) is 0 Å². The summed E-state index contributed by atoms with van der Waals surface area (Å²) in [4.78, 5) is 11.4. The van der Waals surface area contributed by atoms with Gasteiger partial charge in [0.05, 0.1) is 0 Å². The Kier molecular flexibility index (Phi) is 1.19. The van der Waals surface area contributed by atoms with Crippen molar-refractivity contribution in [2.24, 2.45) is 41.2 Å². The molecule has 3 N–H and O–H groups in total. The molecule has 0 unspecified atom stereocenters. The third-order valence-corrected chi connectivity index (χ3v) is 5.58. The summed E-state index contributed by atoms with van der Waals surface area (Å²) in [5.41, 5.74) is 5.23. The average molecular weight is 205 g/mol. The van der Waals surface area contributed by atoms with Crippen LogP contribution < -0.4 is 5.73 Å². The van der Waals surface area contributed by atoms with E-state index in [9.17, 15) is 9.90 Å². The van der Waals surface area contributed by atoms with Crippen molar-refractivity contribution in [3.05, 3.63) is 12.2 Å². The third-order valence-electron chi connectivity index (χ3n) is 5.58. The third kappa shape index (κ3) is 0.680. The molecule has 0 heterocycles. The van der Waals surface area contributed by atoms with Crippen molar-refractivity contribution in [3.63, 3.8) is 0 Å². The second kappa shape index (κ2) is 2.14. The minimum Gasteiger partial charge on any atom is -0.480 e. The van der Waals surface area contributed by atoms with Crippen molar-refractivity contribution in [3.8, 4) is 0 Å². The first kappa shape index (κ1) is 8.34. The van der Waals surface area contributed by atoms with Crippen LogP contribution in [0.3, 0.4) is 0 Å². The zero-order chi connectivity index (χ0) is 10.4. The molecule has 7 atom stereocenters. The maximum atomic E-state index is 11.4. The second-order valence-electron chi connectivity index (χ2n) is 5.84. The molecule has 0 saturated heterocycles. The fraction of sp³-hybridized carbons (Fsp3) is 0.750. The maximum Gasteiger partial charge on any atom is 0.324 e. The molecule has 0 aromatic rings. The van der Waals surface area contributed by atoms with Crippen LogP contribution in [0.15, 0.2) is 12.2 Å². The molecular formula is C12H15NO2. The Morgan fingerprint density at radius 3 is 2.73 bits per heavy atom. The number of carboxylic acids is 1. The van der Waals surface area contributed by atoms with Crippen molar-refractivity contribution in [2.45, 2.75) is 18.4 Å². The van der Waals surface area contributed by atoms with Gasteiger partial charge in [-0.05, 0) is 48.3 Å². The predicted molar refractivity (Wildman–Crippen MR) is 53.9 cm³/mol. The molecular weight excluding hydrogens is 190 g/mol. The summed E-state index contributed by atoms with van der Waals surface area (Å²) in [5.74, 6) is 2.47. The Labute approximate surface area is 88.3 Å². The van der Waals surface area contributed by atoms with Gasteiger partial charge < -0.3 is 10.8 Å². The van der Waals surface area contributed by atoms with Gasteiger partial charge in [-0.1, -0.05) is 12.2 Å². The molecule has 0 radical (unpaired) electrons. The van der Waals surface area contributed by atoms with E-state index in [2.05, 4.69) is 12.2 Å². The molecule has 3 saturated carbocycles. The zero-order valence-corrected chi connectivity index (χ0v) is 8.47. The lowest BCUT2D eigenvalue weighted by Crippen LogP contribution is -2.53. The number of carboxylic acid groups (broad SMARTS) is 1. The summed E-state index contributed by atoms with van der Waals surface area (Å²) in [6.45, 7) is 0. The highest BCUT2D eigenvalue weighted by molar-refractivity contribution is 5.80. The van der Waals surface area contributed by atoms with Crippen molar-refractivity contribution < 1.29 is 9.90 Å². The normalized spacial score (nSPS) is 63.0. The Hall–Kier alpha value is -0.830. The molecule has 0 aromatic heterocycles. The van der Waals surface area contributed by atoms with E-state index in [0.29, 0.717) is 30.1 Å². The predicted octanol–water partition coefficient (Wildman–Crippen LogP) is 0.856. The van der Waals surface area contributed by atoms with E-state index >= 15 is 0 Å². The van der Waals surface area contributed by atoms with E-state index in [4.69, 9.17) is 5.73 Å². The number of rotatable bonds is 1. The molecule has 4 rings (SSSR count). The minimum absolute atomic E-state index is 0.222. The van der Waals surface area contributed by atoms with Crippen LogP contribution in [0.1, 0.15) is 12.8 Å². The lowest BCUT2D eigenvalue weighted by Gasteiger charge is -2.31. The van der Waals surface area contributed by atoms with Crippen molar-refractivity contribution >= 4 is 5.97 Å². The molecule has 3 fully saturated rings. The Morgan fingerprint density at radius 1 is 1.27 bits per heavy atom. The first-order chi connectivity index (χ1) is 7.13. The van der Waals surface area contributed by atoms with Gasteiger partial charge in [0.2, 0.25) is 0 Å². The topological polar surface area (TPSA) is 63.3 Å². The number of allylic oxidation sites excluding steroid dienone is 2. The maximum absolute atomic E-state index is 11.4. The monoisotopic (exact) mass is 205 g/mol. The van der Waals surface area contributed by atoms with Crippen molar-refractivity contribution in [2.75, 3.05) is 0 Å². The van der Waals surface area contributed by atoms with Gasteiger partial charge in [-0.15, -0.1) is 0 Å². The van der Waals surface area contributed by atoms with Crippen LogP contribution in [-0.2, 0) is 4.79 Å². The minimum atomic E-state index is -0.922. The Morgan fingerprint density at radius 2 is 2.00 bits per heavy atom. The molecule has 0 spiro atoms. The molecule has 3 heteroatoms. The molecule has 80 valence electrons. The first-order valence-corrected chi connectivity index (χ1v) is 5.83. The number of hydrogen-bond donors (Lipinski definition) is 2. The highest BCUT2D eigenvalue weighted by Gasteiger charge is 2.70. The highest BCUT2D eigenvalue weighted by atomic mass is 16.4. The zero-order valence-electron chi connectivity index (χ0n) is 8.47. The van der Waals surface area contributed by atoms with Crippen molar-refractivity contribution in [1.29, 1.82) is 0 Å². The average Bonchev–Trinajstić information content (AvgIpc) is 2.75. The number of fused-ring (bicyclic) bond motifs is 2. The van der Waals surface area contributed by atoms with Gasteiger partial charge in [0.15, 0.2) is 0 Å². The fourth-order valence-electron chi connectivity index (χ4n) is 5.20. The smallest absolute Gasteiger partial charge is 0.324 e. The van der Waals surface area contributed by atoms with Crippen LogP contribution in [-0.4, -0.2) is 16.6 Å². The summed E-state index contributed by atoms with van der Waals surface area (Å²) in [6, 6.07) is 0. The Bertz CT molecular complexity index is 391. The molecule has 3 nitrogen and oxygen atoms in total.